The molecule has 1 unspecified atom stereocenters. The maximum Gasteiger partial charge on any atom is 0.317 e. The second kappa shape index (κ2) is 6.75. The van der Waals surface area contributed by atoms with E-state index in [9.17, 15) is 4.79 Å². The number of benzene rings is 1. The van der Waals surface area contributed by atoms with Gasteiger partial charge in [-0.3, -0.25) is 9.69 Å². The third-order valence-electron chi connectivity index (χ3n) is 3.75. The zero-order chi connectivity index (χ0) is 14.5. The highest BCUT2D eigenvalue weighted by Crippen LogP contribution is 2.32. The van der Waals surface area contributed by atoms with Crippen molar-refractivity contribution in [2.45, 2.75) is 32.7 Å². The predicted octanol–water partition coefficient (Wildman–Crippen LogP) is 2.94. The lowest BCUT2D eigenvalue weighted by Gasteiger charge is -2.28. The van der Waals surface area contributed by atoms with Crippen LogP contribution in [-0.2, 0) is 4.79 Å². The predicted molar refractivity (Wildman–Crippen MR) is 78.0 cm³/mol. The number of rotatable bonds is 8. The van der Waals surface area contributed by atoms with Gasteiger partial charge < -0.3 is 9.84 Å². The van der Waals surface area contributed by atoms with Gasteiger partial charge in [0.15, 0.2) is 0 Å². The number of carboxylic acids is 1. The van der Waals surface area contributed by atoms with Crippen LogP contribution in [0.15, 0.2) is 24.3 Å². The molecule has 0 spiro atoms. The van der Waals surface area contributed by atoms with Crippen molar-refractivity contribution >= 4 is 5.97 Å². The number of nitrogens with zero attached hydrogens (tertiary/aromatic N) is 1. The molecule has 4 nitrogen and oxygen atoms in total. The lowest BCUT2D eigenvalue weighted by Crippen LogP contribution is -2.34. The minimum atomic E-state index is -0.761. The van der Waals surface area contributed by atoms with E-state index >= 15 is 0 Å². The van der Waals surface area contributed by atoms with Crippen molar-refractivity contribution in [1.82, 2.24) is 4.90 Å². The van der Waals surface area contributed by atoms with Crippen LogP contribution < -0.4 is 4.74 Å². The summed E-state index contributed by atoms with van der Waals surface area (Å²) < 4.78 is 5.43. The number of hydrogen-bond donors (Lipinski definition) is 1. The maximum absolute atomic E-state index is 11.0. The maximum atomic E-state index is 11.0. The third-order valence-corrected chi connectivity index (χ3v) is 3.75. The van der Waals surface area contributed by atoms with Crippen LogP contribution in [-0.4, -0.2) is 35.7 Å². The first-order valence-electron chi connectivity index (χ1n) is 7.28. The summed E-state index contributed by atoms with van der Waals surface area (Å²) in [7, 11) is 0. The van der Waals surface area contributed by atoms with E-state index in [2.05, 4.69) is 11.8 Å². The highest BCUT2D eigenvalue weighted by molar-refractivity contribution is 5.69. The minimum absolute atomic E-state index is 0.102. The van der Waals surface area contributed by atoms with Crippen LogP contribution in [0.3, 0.4) is 0 Å². The molecule has 20 heavy (non-hydrogen) atoms. The van der Waals surface area contributed by atoms with Crippen molar-refractivity contribution < 1.29 is 14.6 Å². The number of ether oxygens (including phenoxy) is 1. The average molecular weight is 277 g/mol. The Morgan fingerprint density at radius 1 is 1.40 bits per heavy atom. The summed E-state index contributed by atoms with van der Waals surface area (Å²) in [4.78, 5) is 13.1. The molecule has 110 valence electrons. The van der Waals surface area contributed by atoms with Gasteiger partial charge in [-0.1, -0.05) is 12.1 Å². The van der Waals surface area contributed by atoms with Crippen LogP contribution in [0.5, 0.6) is 5.75 Å². The summed E-state index contributed by atoms with van der Waals surface area (Å²) in [6.45, 7) is 5.66. The van der Waals surface area contributed by atoms with E-state index in [1.165, 1.54) is 12.8 Å². The lowest BCUT2D eigenvalue weighted by atomic mass is 10.1. The van der Waals surface area contributed by atoms with Crippen LogP contribution in [0.1, 0.15) is 38.3 Å². The number of carboxylic acid groups (broad SMARTS) is 1. The number of aliphatic carboxylic acids is 1. The monoisotopic (exact) mass is 277 g/mol. The number of carbonyl (C=O) groups is 1. The van der Waals surface area contributed by atoms with Crippen LogP contribution in [0.2, 0.25) is 0 Å². The summed E-state index contributed by atoms with van der Waals surface area (Å²) in [6.07, 6.45) is 2.46. The van der Waals surface area contributed by atoms with E-state index in [0.29, 0.717) is 12.5 Å². The lowest BCUT2D eigenvalue weighted by molar-refractivity contribution is -0.139. The molecule has 0 bridgehead atoms. The Kier molecular flexibility index (Phi) is 5.01. The quantitative estimate of drug-likeness (QED) is 0.793. The smallest absolute Gasteiger partial charge is 0.317 e. The molecule has 1 atom stereocenters. The van der Waals surface area contributed by atoms with Crippen LogP contribution in [0.4, 0.5) is 0 Å². The first-order valence-corrected chi connectivity index (χ1v) is 7.28. The molecule has 1 N–H and O–H groups in total. The normalized spacial score (nSPS) is 16.1. The van der Waals surface area contributed by atoms with Crippen molar-refractivity contribution in [1.29, 1.82) is 0 Å². The van der Waals surface area contributed by atoms with Gasteiger partial charge in [0.25, 0.3) is 0 Å². The Morgan fingerprint density at radius 2 is 2.05 bits per heavy atom. The zero-order valence-electron chi connectivity index (χ0n) is 12.2. The van der Waals surface area contributed by atoms with E-state index in [1.807, 2.05) is 31.2 Å². The molecule has 0 radical (unpaired) electrons. The van der Waals surface area contributed by atoms with Crippen LogP contribution in [0, 0.1) is 5.92 Å². The molecule has 1 aromatic rings. The van der Waals surface area contributed by atoms with Gasteiger partial charge in [0.1, 0.15) is 5.75 Å². The fourth-order valence-corrected chi connectivity index (χ4v) is 2.39. The standard InChI is InChI=1S/C16H23NO3/c1-3-20-15-8-6-14(7-9-15)12(2)17(11-16(18)19)10-13-4-5-13/h6-9,12-13H,3-5,10-11H2,1-2H3,(H,18,19). The fourth-order valence-electron chi connectivity index (χ4n) is 2.39. The molecule has 0 amide bonds. The zero-order valence-corrected chi connectivity index (χ0v) is 12.2. The van der Waals surface area contributed by atoms with Crippen molar-refractivity contribution in [3.63, 3.8) is 0 Å². The van der Waals surface area contributed by atoms with E-state index in [0.717, 1.165) is 17.9 Å². The van der Waals surface area contributed by atoms with Gasteiger partial charge in [0, 0.05) is 12.6 Å². The molecule has 4 heteroatoms. The first-order chi connectivity index (χ1) is 9.60. The molecular formula is C16H23NO3. The summed E-state index contributed by atoms with van der Waals surface area (Å²) in [5.41, 5.74) is 1.13. The van der Waals surface area contributed by atoms with E-state index < -0.39 is 5.97 Å². The van der Waals surface area contributed by atoms with Gasteiger partial charge >= 0.3 is 5.97 Å². The highest BCUT2D eigenvalue weighted by Gasteiger charge is 2.28. The topological polar surface area (TPSA) is 49.8 Å². The SMILES string of the molecule is CCOc1ccc(C(C)N(CC(=O)O)CC2CC2)cc1. The summed E-state index contributed by atoms with van der Waals surface area (Å²) in [5, 5.41) is 9.07. The Hall–Kier alpha value is -1.55. The molecule has 0 aliphatic heterocycles. The van der Waals surface area contributed by atoms with Gasteiger partial charge in [0.05, 0.1) is 13.2 Å². The van der Waals surface area contributed by atoms with Gasteiger partial charge in [-0.15, -0.1) is 0 Å². The van der Waals surface area contributed by atoms with Crippen molar-refractivity contribution in [2.24, 2.45) is 5.92 Å². The second-order valence-corrected chi connectivity index (χ2v) is 5.44. The molecule has 1 aliphatic rings. The summed E-state index contributed by atoms with van der Waals surface area (Å²) >= 11 is 0. The molecule has 2 rings (SSSR count). The molecule has 1 aliphatic carbocycles. The van der Waals surface area contributed by atoms with E-state index in [1.54, 1.807) is 0 Å². The number of hydrogen-bond acceptors (Lipinski definition) is 3. The summed E-state index contributed by atoms with van der Waals surface area (Å²) in [6, 6.07) is 8.06. The van der Waals surface area contributed by atoms with Gasteiger partial charge in [-0.05, 0) is 50.3 Å². The Balaban J connectivity index is 2.04. The van der Waals surface area contributed by atoms with Crippen molar-refractivity contribution in [3.05, 3.63) is 29.8 Å². The minimum Gasteiger partial charge on any atom is -0.494 e. The van der Waals surface area contributed by atoms with Crippen molar-refractivity contribution in [3.8, 4) is 5.75 Å². The molecule has 0 heterocycles. The molecule has 1 saturated carbocycles. The Labute approximate surface area is 120 Å². The van der Waals surface area contributed by atoms with Gasteiger partial charge in [0.2, 0.25) is 0 Å². The average Bonchev–Trinajstić information content (AvgIpc) is 3.22. The highest BCUT2D eigenvalue weighted by atomic mass is 16.5. The van der Waals surface area contributed by atoms with E-state index in [4.69, 9.17) is 9.84 Å². The largest absolute Gasteiger partial charge is 0.494 e. The Morgan fingerprint density at radius 3 is 2.55 bits per heavy atom. The van der Waals surface area contributed by atoms with Crippen molar-refractivity contribution in [2.75, 3.05) is 19.7 Å². The molecule has 1 aromatic carbocycles. The molecule has 1 fully saturated rings. The molecule has 0 aromatic heterocycles. The summed E-state index contributed by atoms with van der Waals surface area (Å²) in [5.74, 6) is 0.776. The molecule has 0 saturated heterocycles. The fraction of sp³-hybridized carbons (Fsp3) is 0.562. The Bertz CT molecular complexity index is 440. The van der Waals surface area contributed by atoms with Crippen LogP contribution in [0.25, 0.3) is 0 Å². The van der Waals surface area contributed by atoms with Gasteiger partial charge in [-0.25, -0.2) is 0 Å². The first kappa shape index (κ1) is 14.9. The van der Waals surface area contributed by atoms with E-state index in [-0.39, 0.29) is 12.6 Å². The van der Waals surface area contributed by atoms with Gasteiger partial charge in [-0.2, -0.15) is 0 Å². The molecular weight excluding hydrogens is 254 g/mol. The third kappa shape index (κ3) is 4.23. The van der Waals surface area contributed by atoms with Crippen LogP contribution >= 0.6 is 0 Å². The second-order valence-electron chi connectivity index (χ2n) is 5.44.